The van der Waals surface area contributed by atoms with Crippen LogP contribution in [0.3, 0.4) is 0 Å². The molecular weight excluding hydrogens is 385 g/mol. The van der Waals surface area contributed by atoms with Gasteiger partial charge in [0.2, 0.25) is 5.91 Å². The van der Waals surface area contributed by atoms with Gasteiger partial charge in [-0.25, -0.2) is 18.2 Å². The van der Waals surface area contributed by atoms with E-state index in [1.54, 1.807) is 4.68 Å². The lowest BCUT2D eigenvalue weighted by atomic mass is 10.0. The molecule has 29 heavy (non-hydrogen) atoms. The van der Waals surface area contributed by atoms with Gasteiger partial charge in [0, 0.05) is 38.8 Å². The number of aromatic nitrogens is 2. The standard InChI is InChI=1S/C19H23F3N6O/c1-3-23-19(28-7-6-12(11-28)13-8-25-27(2)10-13)24-9-16(29)26-15-5-4-14(20)17(21)18(15)22/h4-5,8,10,12H,3,6-7,9,11H2,1-2H3,(H,23,24)(H,26,29). The number of carbonyl (C=O) groups excluding carboxylic acids is 1. The number of rotatable bonds is 5. The van der Waals surface area contributed by atoms with Gasteiger partial charge in [0.15, 0.2) is 23.4 Å². The second-order valence-electron chi connectivity index (χ2n) is 6.82. The first-order chi connectivity index (χ1) is 13.9. The summed E-state index contributed by atoms with van der Waals surface area (Å²) in [5, 5.41) is 9.56. The number of nitrogens with one attached hydrogen (secondary N) is 2. The van der Waals surface area contributed by atoms with Gasteiger partial charge in [-0.3, -0.25) is 9.48 Å². The molecule has 1 aliphatic heterocycles. The lowest BCUT2D eigenvalue weighted by molar-refractivity contribution is -0.114. The second-order valence-corrected chi connectivity index (χ2v) is 6.82. The molecule has 2 aromatic rings. The van der Waals surface area contributed by atoms with Crippen LogP contribution in [0.2, 0.25) is 0 Å². The van der Waals surface area contributed by atoms with E-state index in [1.165, 1.54) is 0 Å². The van der Waals surface area contributed by atoms with Crippen molar-refractivity contribution >= 4 is 17.6 Å². The third-order valence-electron chi connectivity index (χ3n) is 4.70. The number of likely N-dealkylation sites (tertiary alicyclic amines) is 1. The van der Waals surface area contributed by atoms with Crippen molar-refractivity contribution in [2.45, 2.75) is 19.3 Å². The normalized spacial score (nSPS) is 16.9. The number of anilines is 1. The largest absolute Gasteiger partial charge is 0.357 e. The van der Waals surface area contributed by atoms with Gasteiger partial charge in [-0.1, -0.05) is 0 Å². The van der Waals surface area contributed by atoms with Gasteiger partial charge in [0.05, 0.1) is 11.9 Å². The molecule has 1 aromatic carbocycles. The third-order valence-corrected chi connectivity index (χ3v) is 4.70. The Morgan fingerprint density at radius 1 is 1.31 bits per heavy atom. The van der Waals surface area contributed by atoms with Gasteiger partial charge >= 0.3 is 0 Å². The molecule has 1 fully saturated rings. The van der Waals surface area contributed by atoms with Crippen molar-refractivity contribution in [3.05, 3.63) is 47.5 Å². The summed E-state index contributed by atoms with van der Waals surface area (Å²) in [6.07, 6.45) is 4.77. The minimum Gasteiger partial charge on any atom is -0.357 e. The first-order valence-electron chi connectivity index (χ1n) is 9.34. The Morgan fingerprint density at radius 3 is 2.79 bits per heavy atom. The van der Waals surface area contributed by atoms with E-state index in [0.717, 1.165) is 37.2 Å². The van der Waals surface area contributed by atoms with E-state index in [2.05, 4.69) is 20.7 Å². The van der Waals surface area contributed by atoms with Crippen molar-refractivity contribution in [1.29, 1.82) is 0 Å². The Labute approximate surface area is 166 Å². The Bertz CT molecular complexity index is 913. The number of carbonyl (C=O) groups is 1. The minimum atomic E-state index is -1.63. The van der Waals surface area contributed by atoms with E-state index in [1.807, 2.05) is 31.3 Å². The van der Waals surface area contributed by atoms with Gasteiger partial charge < -0.3 is 15.5 Å². The Balaban J connectivity index is 1.63. The van der Waals surface area contributed by atoms with E-state index < -0.39 is 29.0 Å². The summed E-state index contributed by atoms with van der Waals surface area (Å²) in [6, 6.07) is 1.73. The molecule has 7 nitrogen and oxygen atoms in total. The zero-order valence-corrected chi connectivity index (χ0v) is 16.3. The predicted octanol–water partition coefficient (Wildman–Crippen LogP) is 2.23. The molecule has 10 heteroatoms. The molecule has 2 N–H and O–H groups in total. The summed E-state index contributed by atoms with van der Waals surface area (Å²) < 4.78 is 41.7. The molecule has 3 rings (SSSR count). The number of benzene rings is 1. The molecule has 1 aliphatic rings. The molecule has 156 valence electrons. The number of hydrogen-bond acceptors (Lipinski definition) is 3. The molecule has 1 atom stereocenters. The number of aryl methyl sites for hydroxylation is 1. The van der Waals surface area contributed by atoms with Crippen molar-refractivity contribution in [3.8, 4) is 0 Å². The van der Waals surface area contributed by atoms with Crippen LogP contribution in [0.5, 0.6) is 0 Å². The molecule has 0 radical (unpaired) electrons. The zero-order valence-electron chi connectivity index (χ0n) is 16.3. The zero-order chi connectivity index (χ0) is 21.0. The fourth-order valence-electron chi connectivity index (χ4n) is 3.26. The first kappa shape index (κ1) is 20.7. The summed E-state index contributed by atoms with van der Waals surface area (Å²) >= 11 is 0. The molecule has 0 spiro atoms. The summed E-state index contributed by atoms with van der Waals surface area (Å²) in [7, 11) is 1.87. The number of hydrogen-bond donors (Lipinski definition) is 2. The van der Waals surface area contributed by atoms with Crippen molar-refractivity contribution < 1.29 is 18.0 Å². The van der Waals surface area contributed by atoms with Crippen LogP contribution in [0.1, 0.15) is 24.8 Å². The summed E-state index contributed by atoms with van der Waals surface area (Å²) in [6.45, 7) is 3.75. The van der Waals surface area contributed by atoms with Crippen LogP contribution < -0.4 is 10.6 Å². The van der Waals surface area contributed by atoms with Crippen LogP contribution in [-0.4, -0.2) is 52.7 Å². The number of nitrogens with zero attached hydrogens (tertiary/aromatic N) is 4. The Kier molecular flexibility index (Phi) is 6.40. The van der Waals surface area contributed by atoms with Crippen LogP contribution in [-0.2, 0) is 11.8 Å². The van der Waals surface area contributed by atoms with E-state index >= 15 is 0 Å². The Morgan fingerprint density at radius 2 is 2.10 bits per heavy atom. The lowest BCUT2D eigenvalue weighted by Gasteiger charge is -2.21. The molecule has 0 bridgehead atoms. The van der Waals surface area contributed by atoms with E-state index in [0.29, 0.717) is 18.4 Å². The number of aliphatic imine (C=N–C) groups is 1. The molecule has 1 unspecified atom stereocenters. The SMILES string of the molecule is CCNC(=NCC(=O)Nc1ccc(F)c(F)c1F)N1CCC(c2cnn(C)c2)C1. The van der Waals surface area contributed by atoms with Gasteiger partial charge in [0.25, 0.3) is 0 Å². The van der Waals surface area contributed by atoms with Crippen LogP contribution in [0.25, 0.3) is 0 Å². The maximum Gasteiger partial charge on any atom is 0.246 e. The highest BCUT2D eigenvalue weighted by molar-refractivity contribution is 5.94. The number of guanidine groups is 1. The highest BCUT2D eigenvalue weighted by atomic mass is 19.2. The summed E-state index contributed by atoms with van der Waals surface area (Å²) in [4.78, 5) is 18.5. The average Bonchev–Trinajstić information content (AvgIpc) is 3.34. The van der Waals surface area contributed by atoms with Gasteiger partial charge in [-0.05, 0) is 31.0 Å². The molecule has 2 heterocycles. The number of halogens is 3. The highest BCUT2D eigenvalue weighted by Gasteiger charge is 2.27. The number of amides is 1. The van der Waals surface area contributed by atoms with Crippen LogP contribution in [0.4, 0.5) is 18.9 Å². The van der Waals surface area contributed by atoms with E-state index in [-0.39, 0.29) is 6.54 Å². The fraction of sp³-hybridized carbons (Fsp3) is 0.421. The maximum absolute atomic E-state index is 13.7. The molecule has 1 amide bonds. The van der Waals surface area contributed by atoms with Gasteiger partial charge in [-0.2, -0.15) is 5.10 Å². The topological polar surface area (TPSA) is 74.6 Å². The molecular formula is C19H23F3N6O. The molecule has 1 aromatic heterocycles. The smallest absolute Gasteiger partial charge is 0.246 e. The predicted molar refractivity (Wildman–Crippen MR) is 103 cm³/mol. The summed E-state index contributed by atoms with van der Waals surface area (Å²) in [5.41, 5.74) is 0.726. The molecule has 1 saturated heterocycles. The maximum atomic E-state index is 13.7. The van der Waals surface area contributed by atoms with Crippen molar-refractivity contribution in [1.82, 2.24) is 20.0 Å². The van der Waals surface area contributed by atoms with Crippen molar-refractivity contribution in [2.75, 3.05) is 31.5 Å². The first-order valence-corrected chi connectivity index (χ1v) is 9.34. The summed E-state index contributed by atoms with van der Waals surface area (Å²) in [5.74, 6) is -4.12. The van der Waals surface area contributed by atoms with E-state index in [9.17, 15) is 18.0 Å². The average molecular weight is 408 g/mol. The quantitative estimate of drug-likeness (QED) is 0.452. The second kappa shape index (κ2) is 8.97. The van der Waals surface area contributed by atoms with Crippen LogP contribution >= 0.6 is 0 Å². The van der Waals surface area contributed by atoms with E-state index in [4.69, 9.17) is 0 Å². The lowest BCUT2D eigenvalue weighted by Crippen LogP contribution is -2.40. The van der Waals surface area contributed by atoms with Gasteiger partial charge in [-0.15, -0.1) is 0 Å². The monoisotopic (exact) mass is 408 g/mol. The minimum absolute atomic E-state index is 0.283. The molecule has 0 saturated carbocycles. The third kappa shape index (κ3) is 4.87. The van der Waals surface area contributed by atoms with Crippen molar-refractivity contribution in [3.63, 3.8) is 0 Å². The van der Waals surface area contributed by atoms with Gasteiger partial charge in [0.1, 0.15) is 6.54 Å². The molecule has 0 aliphatic carbocycles. The van der Waals surface area contributed by atoms with Crippen LogP contribution in [0, 0.1) is 17.5 Å². The Hall–Kier alpha value is -3.04. The fourth-order valence-corrected chi connectivity index (χ4v) is 3.26. The highest BCUT2D eigenvalue weighted by Crippen LogP contribution is 2.26. The van der Waals surface area contributed by atoms with Crippen molar-refractivity contribution in [2.24, 2.45) is 12.0 Å². The van der Waals surface area contributed by atoms with Crippen LogP contribution in [0.15, 0.2) is 29.5 Å².